The van der Waals surface area contributed by atoms with Crippen molar-refractivity contribution in [1.29, 1.82) is 0 Å². The molecule has 1 N–H and O–H groups in total. The van der Waals surface area contributed by atoms with E-state index in [0.29, 0.717) is 13.0 Å². The molecule has 1 aliphatic rings. The molecule has 0 amide bonds. The fourth-order valence-electron chi connectivity index (χ4n) is 2.02. The fraction of sp³-hybridized carbons (Fsp3) is 0.636. The summed E-state index contributed by atoms with van der Waals surface area (Å²) in [5, 5.41) is 2.55. The molecule has 1 aromatic rings. The fourth-order valence-corrected chi connectivity index (χ4v) is 3.29. The molecule has 118 valence electrons. The molecule has 0 aliphatic carbocycles. The first-order chi connectivity index (χ1) is 9.71. The Balaban J connectivity index is 2.34. The van der Waals surface area contributed by atoms with Crippen LogP contribution < -0.4 is 10.2 Å². The number of hydrogen-bond donors (Lipinski definition) is 1. The predicted octanol–water partition coefficient (Wildman–Crippen LogP) is 1.16. The third-order valence-corrected chi connectivity index (χ3v) is 4.82. The van der Waals surface area contributed by atoms with Crippen LogP contribution in [0.25, 0.3) is 0 Å². The van der Waals surface area contributed by atoms with Crippen LogP contribution in [0.4, 0.5) is 24.8 Å². The van der Waals surface area contributed by atoms with Gasteiger partial charge in [-0.3, -0.25) is 0 Å². The van der Waals surface area contributed by atoms with Crippen molar-refractivity contribution in [3.63, 3.8) is 0 Å². The monoisotopic (exact) mass is 324 g/mol. The maximum absolute atomic E-state index is 12.8. The molecule has 0 saturated carbocycles. The minimum absolute atomic E-state index is 0.0411. The van der Waals surface area contributed by atoms with Crippen molar-refractivity contribution in [2.75, 3.05) is 41.9 Å². The highest BCUT2D eigenvalue weighted by molar-refractivity contribution is 7.91. The van der Waals surface area contributed by atoms with Gasteiger partial charge in [0.1, 0.15) is 11.6 Å². The van der Waals surface area contributed by atoms with Crippen molar-refractivity contribution in [1.82, 2.24) is 9.97 Å². The third kappa shape index (κ3) is 3.96. The number of alkyl halides is 3. The minimum Gasteiger partial charge on any atom is -0.373 e. The molecular formula is C11H15F3N4O2S. The van der Waals surface area contributed by atoms with E-state index in [4.69, 9.17) is 0 Å². The van der Waals surface area contributed by atoms with Crippen LogP contribution in [0.5, 0.6) is 0 Å². The average molecular weight is 324 g/mol. The Labute approximate surface area is 120 Å². The van der Waals surface area contributed by atoms with Gasteiger partial charge in [-0.1, -0.05) is 0 Å². The van der Waals surface area contributed by atoms with Crippen molar-refractivity contribution in [2.24, 2.45) is 0 Å². The van der Waals surface area contributed by atoms with E-state index in [1.807, 2.05) is 0 Å². The van der Waals surface area contributed by atoms with Gasteiger partial charge in [0.25, 0.3) is 0 Å². The van der Waals surface area contributed by atoms with Crippen molar-refractivity contribution >= 4 is 21.5 Å². The molecule has 0 bridgehead atoms. The van der Waals surface area contributed by atoms with Gasteiger partial charge in [0.05, 0.1) is 11.5 Å². The van der Waals surface area contributed by atoms with Crippen LogP contribution in [0.3, 0.4) is 0 Å². The molecule has 0 unspecified atom stereocenters. The topological polar surface area (TPSA) is 75.2 Å². The zero-order valence-corrected chi connectivity index (χ0v) is 12.1. The summed E-state index contributed by atoms with van der Waals surface area (Å²) in [5.41, 5.74) is 0. The van der Waals surface area contributed by atoms with E-state index >= 15 is 0 Å². The maximum Gasteiger partial charge on any atom is 0.451 e. The van der Waals surface area contributed by atoms with Crippen molar-refractivity contribution in [3.05, 3.63) is 11.9 Å². The summed E-state index contributed by atoms with van der Waals surface area (Å²) in [6, 6.07) is 1.38. The van der Waals surface area contributed by atoms with Crippen LogP contribution in [-0.4, -0.2) is 50.0 Å². The Morgan fingerprint density at radius 1 is 1.24 bits per heavy atom. The van der Waals surface area contributed by atoms with Gasteiger partial charge < -0.3 is 10.2 Å². The number of aromatic nitrogens is 2. The summed E-state index contributed by atoms with van der Waals surface area (Å²) in [6.07, 6.45) is -4.29. The second-order valence-electron chi connectivity index (χ2n) is 4.68. The Bertz CT molecular complexity index is 618. The molecule has 0 aromatic carbocycles. The summed E-state index contributed by atoms with van der Waals surface area (Å²) in [4.78, 5) is 8.44. The van der Waals surface area contributed by atoms with Gasteiger partial charge in [-0.2, -0.15) is 13.2 Å². The van der Waals surface area contributed by atoms with Gasteiger partial charge in [0, 0.05) is 26.2 Å². The van der Waals surface area contributed by atoms with Gasteiger partial charge in [-0.05, 0) is 6.42 Å². The number of nitrogens with zero attached hydrogens (tertiary/aromatic N) is 3. The Morgan fingerprint density at radius 2 is 1.95 bits per heavy atom. The van der Waals surface area contributed by atoms with Crippen molar-refractivity contribution in [3.8, 4) is 0 Å². The maximum atomic E-state index is 12.8. The van der Waals surface area contributed by atoms with Gasteiger partial charge >= 0.3 is 6.18 Å². The zero-order chi connectivity index (χ0) is 15.7. The van der Waals surface area contributed by atoms with Gasteiger partial charge in [-0.25, -0.2) is 18.4 Å². The predicted molar refractivity (Wildman–Crippen MR) is 72.1 cm³/mol. The van der Waals surface area contributed by atoms with Crippen molar-refractivity contribution < 1.29 is 21.6 Å². The largest absolute Gasteiger partial charge is 0.451 e. The second kappa shape index (κ2) is 5.66. The van der Waals surface area contributed by atoms with E-state index in [9.17, 15) is 21.6 Å². The van der Waals surface area contributed by atoms with Gasteiger partial charge in [0.2, 0.25) is 5.82 Å². The zero-order valence-electron chi connectivity index (χ0n) is 11.3. The highest BCUT2D eigenvalue weighted by atomic mass is 32.2. The molecule has 0 atom stereocenters. The number of anilines is 2. The molecule has 0 spiro atoms. The van der Waals surface area contributed by atoms with Gasteiger partial charge in [0.15, 0.2) is 9.84 Å². The Hall–Kier alpha value is -1.58. The van der Waals surface area contributed by atoms with E-state index < -0.39 is 21.8 Å². The summed E-state index contributed by atoms with van der Waals surface area (Å²) in [6.45, 7) is 0.469. The first kappa shape index (κ1) is 15.8. The molecule has 10 heteroatoms. The van der Waals surface area contributed by atoms with E-state index in [-0.39, 0.29) is 29.7 Å². The third-order valence-electron chi connectivity index (χ3n) is 3.10. The summed E-state index contributed by atoms with van der Waals surface area (Å²) >= 11 is 0. The lowest BCUT2D eigenvalue weighted by atomic mass is 10.3. The Morgan fingerprint density at radius 3 is 2.57 bits per heavy atom. The lowest BCUT2D eigenvalue weighted by Crippen LogP contribution is -2.28. The molecule has 1 fully saturated rings. The molecule has 21 heavy (non-hydrogen) atoms. The molecule has 2 rings (SSSR count). The van der Waals surface area contributed by atoms with Crippen LogP contribution in [-0.2, 0) is 16.0 Å². The second-order valence-corrected chi connectivity index (χ2v) is 6.98. The molecule has 1 aliphatic heterocycles. The first-order valence-corrected chi connectivity index (χ1v) is 8.13. The summed E-state index contributed by atoms with van der Waals surface area (Å²) in [5.74, 6) is -1.16. The highest BCUT2D eigenvalue weighted by Gasteiger charge is 2.36. The quantitative estimate of drug-likeness (QED) is 0.880. The summed E-state index contributed by atoms with van der Waals surface area (Å²) < 4.78 is 61.5. The highest BCUT2D eigenvalue weighted by Crippen LogP contribution is 2.29. The lowest BCUT2D eigenvalue weighted by Gasteiger charge is -2.22. The number of sulfone groups is 1. The van der Waals surface area contributed by atoms with E-state index in [1.165, 1.54) is 13.1 Å². The average Bonchev–Trinajstić information content (AvgIpc) is 2.58. The van der Waals surface area contributed by atoms with Gasteiger partial charge in [-0.15, -0.1) is 0 Å². The number of rotatable bonds is 2. The normalized spacial score (nSPS) is 19.1. The number of halogens is 3. The number of hydrogen-bond acceptors (Lipinski definition) is 6. The minimum atomic E-state index is -4.65. The lowest BCUT2D eigenvalue weighted by molar-refractivity contribution is -0.144. The van der Waals surface area contributed by atoms with Crippen LogP contribution in [0, 0.1) is 0 Å². The van der Waals surface area contributed by atoms with Crippen LogP contribution in [0.15, 0.2) is 6.07 Å². The molecule has 0 radical (unpaired) electrons. The molecular weight excluding hydrogens is 309 g/mol. The van der Waals surface area contributed by atoms with E-state index in [1.54, 1.807) is 4.90 Å². The van der Waals surface area contributed by atoms with E-state index in [2.05, 4.69) is 15.3 Å². The smallest absolute Gasteiger partial charge is 0.373 e. The standard InChI is InChI=1S/C11H15F3N4O2S/c1-15-8-7-9(17-10(16-8)11(12,13)14)18-3-2-5-21(19,20)6-4-18/h7H,2-6H2,1H3,(H,15,16,17). The van der Waals surface area contributed by atoms with Crippen LogP contribution in [0.2, 0.25) is 0 Å². The van der Waals surface area contributed by atoms with Crippen LogP contribution in [0.1, 0.15) is 12.2 Å². The summed E-state index contributed by atoms with van der Waals surface area (Å²) in [7, 11) is -1.68. The first-order valence-electron chi connectivity index (χ1n) is 6.31. The molecule has 6 nitrogen and oxygen atoms in total. The molecule has 2 heterocycles. The van der Waals surface area contributed by atoms with E-state index in [0.717, 1.165) is 0 Å². The SMILES string of the molecule is CNc1cc(N2CCCS(=O)(=O)CC2)nc(C(F)(F)F)n1. The molecule has 1 saturated heterocycles. The van der Waals surface area contributed by atoms with Crippen molar-refractivity contribution in [2.45, 2.75) is 12.6 Å². The van der Waals surface area contributed by atoms with Crippen LogP contribution >= 0.6 is 0 Å². The number of nitrogens with one attached hydrogen (secondary N) is 1. The Kier molecular flexibility index (Phi) is 4.26. The molecule has 1 aromatic heterocycles.